The third-order valence-electron chi connectivity index (χ3n) is 2.27. The summed E-state index contributed by atoms with van der Waals surface area (Å²) in [5.41, 5.74) is 6.80. The second kappa shape index (κ2) is 6.03. The van der Waals surface area contributed by atoms with Crippen LogP contribution < -0.4 is 5.73 Å². The number of aryl methyl sites for hydroxylation is 1. The number of carbonyl (C=O) groups is 1. The molecule has 7 heteroatoms. The van der Waals surface area contributed by atoms with Gasteiger partial charge in [-0.15, -0.1) is 0 Å². The zero-order valence-corrected chi connectivity index (χ0v) is 12.2. The first-order chi connectivity index (χ1) is 9.11. The minimum atomic E-state index is -0.407. The Morgan fingerprint density at radius 1 is 1.53 bits per heavy atom. The second-order valence-electron chi connectivity index (χ2n) is 3.65. The van der Waals surface area contributed by atoms with Crippen LogP contribution in [0, 0.1) is 6.92 Å². The van der Waals surface area contributed by atoms with Gasteiger partial charge in [-0.3, -0.25) is 0 Å². The summed E-state index contributed by atoms with van der Waals surface area (Å²) in [5.74, 6) is 0.323. The van der Waals surface area contributed by atoms with E-state index in [1.807, 2.05) is 13.0 Å². The summed E-state index contributed by atoms with van der Waals surface area (Å²) in [6, 6.07) is 5.28. The third-order valence-corrected chi connectivity index (χ3v) is 4.19. The lowest BCUT2D eigenvalue weighted by Crippen LogP contribution is -2.08. The van der Waals surface area contributed by atoms with Crippen molar-refractivity contribution < 1.29 is 9.53 Å². The molecule has 0 aliphatic rings. The molecule has 0 saturated heterocycles. The topological polar surface area (TPSA) is 78.1 Å². The fourth-order valence-electron chi connectivity index (χ4n) is 1.43. The SMILES string of the molecule is CCOC(=O)c1cccc(Sc2nc(C)ns2)c1N. The molecule has 0 radical (unpaired) electrons. The minimum absolute atomic E-state index is 0.325. The molecule has 0 fully saturated rings. The van der Waals surface area contributed by atoms with Crippen LogP contribution in [0.5, 0.6) is 0 Å². The van der Waals surface area contributed by atoms with Gasteiger partial charge in [0, 0.05) is 4.90 Å². The standard InChI is InChI=1S/C12H13N3O2S2/c1-3-17-11(16)8-5-4-6-9(10(8)13)18-12-14-7(2)15-19-12/h4-6H,3,13H2,1-2H3. The van der Waals surface area contributed by atoms with E-state index in [9.17, 15) is 4.79 Å². The summed E-state index contributed by atoms with van der Waals surface area (Å²) in [6.07, 6.45) is 0. The monoisotopic (exact) mass is 295 g/mol. The molecule has 2 N–H and O–H groups in total. The molecule has 19 heavy (non-hydrogen) atoms. The van der Waals surface area contributed by atoms with Crippen molar-refractivity contribution in [3.63, 3.8) is 0 Å². The van der Waals surface area contributed by atoms with Crippen molar-refractivity contribution in [1.82, 2.24) is 9.36 Å². The summed E-state index contributed by atoms with van der Waals surface area (Å²) >= 11 is 2.70. The van der Waals surface area contributed by atoms with Crippen LogP contribution in [-0.2, 0) is 4.74 Å². The van der Waals surface area contributed by atoms with Gasteiger partial charge in [0.1, 0.15) is 5.82 Å². The van der Waals surface area contributed by atoms with E-state index in [1.165, 1.54) is 23.3 Å². The predicted molar refractivity (Wildman–Crippen MR) is 75.6 cm³/mol. The van der Waals surface area contributed by atoms with Gasteiger partial charge < -0.3 is 10.5 Å². The van der Waals surface area contributed by atoms with E-state index in [2.05, 4.69) is 9.36 Å². The van der Waals surface area contributed by atoms with E-state index in [0.29, 0.717) is 17.9 Å². The number of nitrogen functional groups attached to an aromatic ring is 1. The van der Waals surface area contributed by atoms with Gasteiger partial charge in [-0.2, -0.15) is 4.37 Å². The van der Waals surface area contributed by atoms with E-state index < -0.39 is 5.97 Å². The Kier molecular flexibility index (Phi) is 4.39. The van der Waals surface area contributed by atoms with E-state index in [0.717, 1.165) is 15.1 Å². The second-order valence-corrected chi connectivity index (χ2v) is 5.69. The number of carbonyl (C=O) groups excluding carboxylic acids is 1. The minimum Gasteiger partial charge on any atom is -0.462 e. The van der Waals surface area contributed by atoms with Gasteiger partial charge in [0.05, 0.1) is 17.9 Å². The van der Waals surface area contributed by atoms with Crippen LogP contribution in [0.15, 0.2) is 27.4 Å². The molecule has 1 aromatic carbocycles. The van der Waals surface area contributed by atoms with Crippen LogP contribution in [0.2, 0.25) is 0 Å². The number of hydrogen-bond donors (Lipinski definition) is 1. The summed E-state index contributed by atoms with van der Waals surface area (Å²) in [4.78, 5) is 16.8. The van der Waals surface area contributed by atoms with Crippen LogP contribution in [0.1, 0.15) is 23.1 Å². The lowest BCUT2D eigenvalue weighted by Gasteiger charge is -2.08. The maximum Gasteiger partial charge on any atom is 0.340 e. The first-order valence-corrected chi connectivity index (χ1v) is 7.24. The lowest BCUT2D eigenvalue weighted by atomic mass is 10.2. The molecule has 0 aliphatic heterocycles. The highest BCUT2D eigenvalue weighted by Crippen LogP contribution is 2.34. The maximum absolute atomic E-state index is 11.7. The molecule has 5 nitrogen and oxygen atoms in total. The molecule has 1 aromatic heterocycles. The molecule has 0 spiro atoms. The van der Waals surface area contributed by atoms with Gasteiger partial charge in [0.2, 0.25) is 0 Å². The normalized spacial score (nSPS) is 10.4. The highest BCUT2D eigenvalue weighted by atomic mass is 32.2. The zero-order chi connectivity index (χ0) is 13.8. The van der Waals surface area contributed by atoms with E-state index in [1.54, 1.807) is 19.1 Å². The predicted octanol–water partition coefficient (Wildman–Crippen LogP) is 2.76. The molecule has 0 amide bonds. The molecule has 1 heterocycles. The Balaban J connectivity index is 2.27. The van der Waals surface area contributed by atoms with Crippen LogP contribution in [0.4, 0.5) is 5.69 Å². The number of nitrogens with two attached hydrogens (primary N) is 1. The summed E-state index contributed by atoms with van der Waals surface area (Å²) in [7, 11) is 0. The maximum atomic E-state index is 11.7. The molecular weight excluding hydrogens is 282 g/mol. The summed E-state index contributed by atoms with van der Waals surface area (Å²) < 4.78 is 9.87. The molecule has 2 aromatic rings. The van der Waals surface area contributed by atoms with E-state index >= 15 is 0 Å². The zero-order valence-electron chi connectivity index (χ0n) is 10.5. The molecule has 2 rings (SSSR count). The molecule has 0 atom stereocenters. The van der Waals surface area contributed by atoms with Crippen molar-refractivity contribution in [3.8, 4) is 0 Å². The number of ether oxygens (including phenoxy) is 1. The molecule has 0 aliphatic carbocycles. The first kappa shape index (κ1) is 13.8. The molecular formula is C12H13N3O2S2. The number of aromatic nitrogens is 2. The molecule has 0 bridgehead atoms. The molecule has 0 unspecified atom stereocenters. The first-order valence-electron chi connectivity index (χ1n) is 5.65. The van der Waals surface area contributed by atoms with Gasteiger partial charge in [0.25, 0.3) is 0 Å². The van der Waals surface area contributed by atoms with Crippen molar-refractivity contribution in [3.05, 3.63) is 29.6 Å². The van der Waals surface area contributed by atoms with Gasteiger partial charge in [0.15, 0.2) is 4.34 Å². The highest BCUT2D eigenvalue weighted by molar-refractivity contribution is 8.01. The van der Waals surface area contributed by atoms with Crippen LogP contribution >= 0.6 is 23.3 Å². The molecule has 0 saturated carbocycles. The Bertz CT molecular complexity index is 598. The number of esters is 1. The van der Waals surface area contributed by atoms with Crippen molar-refractivity contribution in [2.75, 3.05) is 12.3 Å². The average molecular weight is 295 g/mol. The molecule has 100 valence electrons. The number of nitrogens with zero attached hydrogens (tertiary/aromatic N) is 2. The Labute approximate surface area is 119 Å². The lowest BCUT2D eigenvalue weighted by molar-refractivity contribution is 0.0527. The van der Waals surface area contributed by atoms with Crippen molar-refractivity contribution in [2.45, 2.75) is 23.1 Å². The van der Waals surface area contributed by atoms with Crippen LogP contribution in [-0.4, -0.2) is 21.9 Å². The number of rotatable bonds is 4. The largest absolute Gasteiger partial charge is 0.462 e. The summed E-state index contributed by atoms with van der Waals surface area (Å²) in [5, 5.41) is 0. The highest BCUT2D eigenvalue weighted by Gasteiger charge is 2.15. The van der Waals surface area contributed by atoms with E-state index in [4.69, 9.17) is 10.5 Å². The van der Waals surface area contributed by atoms with Crippen LogP contribution in [0.3, 0.4) is 0 Å². The van der Waals surface area contributed by atoms with Crippen LogP contribution in [0.25, 0.3) is 0 Å². The average Bonchev–Trinajstić information content (AvgIpc) is 2.78. The number of para-hydroxylation sites is 1. The Morgan fingerprint density at radius 3 is 2.95 bits per heavy atom. The van der Waals surface area contributed by atoms with Gasteiger partial charge in [-0.25, -0.2) is 9.78 Å². The fourth-order valence-corrected chi connectivity index (χ4v) is 3.12. The third kappa shape index (κ3) is 3.24. The van der Waals surface area contributed by atoms with E-state index in [-0.39, 0.29) is 0 Å². The Hall–Kier alpha value is -1.60. The quantitative estimate of drug-likeness (QED) is 0.690. The number of anilines is 1. The van der Waals surface area contributed by atoms with Crippen molar-refractivity contribution >= 4 is 35.0 Å². The van der Waals surface area contributed by atoms with Crippen molar-refractivity contribution in [2.24, 2.45) is 0 Å². The Morgan fingerprint density at radius 2 is 2.32 bits per heavy atom. The van der Waals surface area contributed by atoms with Gasteiger partial charge >= 0.3 is 5.97 Å². The smallest absolute Gasteiger partial charge is 0.340 e. The van der Waals surface area contributed by atoms with Gasteiger partial charge in [-0.05, 0) is 37.5 Å². The van der Waals surface area contributed by atoms with Crippen molar-refractivity contribution in [1.29, 1.82) is 0 Å². The fraction of sp³-hybridized carbons (Fsp3) is 0.250. The van der Waals surface area contributed by atoms with Gasteiger partial charge in [-0.1, -0.05) is 17.8 Å². The number of benzene rings is 1. The number of hydrogen-bond acceptors (Lipinski definition) is 7. The summed E-state index contributed by atoms with van der Waals surface area (Å²) in [6.45, 7) is 3.92.